The van der Waals surface area contributed by atoms with E-state index in [1.54, 1.807) is 18.2 Å². The SMILES string of the molecule is COCC1CCc2nnc(-c3cccc(N4Cc5cnc(N(C)C(C)C)cc5C4=O)n3)n21. The maximum absolute atomic E-state index is 13.3. The zero-order chi connectivity index (χ0) is 22.4. The molecule has 0 saturated heterocycles. The lowest BCUT2D eigenvalue weighted by Crippen LogP contribution is -2.27. The van der Waals surface area contributed by atoms with Crippen molar-refractivity contribution in [2.75, 3.05) is 30.6 Å². The van der Waals surface area contributed by atoms with Gasteiger partial charge in [-0.15, -0.1) is 10.2 Å². The van der Waals surface area contributed by atoms with Gasteiger partial charge in [0.05, 0.1) is 24.8 Å². The van der Waals surface area contributed by atoms with Crippen molar-refractivity contribution in [2.24, 2.45) is 0 Å². The summed E-state index contributed by atoms with van der Waals surface area (Å²) < 4.78 is 7.50. The summed E-state index contributed by atoms with van der Waals surface area (Å²) in [6.45, 7) is 5.25. The number of aryl methyl sites for hydroxylation is 1. The second-order valence-electron chi connectivity index (χ2n) is 8.63. The zero-order valence-corrected chi connectivity index (χ0v) is 18.8. The van der Waals surface area contributed by atoms with Gasteiger partial charge < -0.3 is 14.2 Å². The van der Waals surface area contributed by atoms with Crippen molar-refractivity contribution < 1.29 is 9.53 Å². The molecule has 1 amide bonds. The highest BCUT2D eigenvalue weighted by molar-refractivity contribution is 6.09. The van der Waals surface area contributed by atoms with Gasteiger partial charge in [-0.1, -0.05) is 6.07 Å². The molecular weight excluding hydrogens is 406 g/mol. The maximum atomic E-state index is 13.3. The lowest BCUT2D eigenvalue weighted by atomic mass is 10.1. The molecular formula is C23H27N7O2. The monoisotopic (exact) mass is 433 g/mol. The van der Waals surface area contributed by atoms with E-state index >= 15 is 0 Å². The molecule has 3 aromatic rings. The van der Waals surface area contributed by atoms with Crippen LogP contribution in [-0.2, 0) is 17.7 Å². The fraction of sp³-hybridized carbons (Fsp3) is 0.435. The number of amides is 1. The smallest absolute Gasteiger partial charge is 0.260 e. The van der Waals surface area contributed by atoms with Crippen molar-refractivity contribution in [3.63, 3.8) is 0 Å². The van der Waals surface area contributed by atoms with Crippen molar-refractivity contribution in [3.8, 4) is 11.5 Å². The van der Waals surface area contributed by atoms with E-state index < -0.39 is 0 Å². The topological polar surface area (TPSA) is 89.3 Å². The molecule has 166 valence electrons. The quantitative estimate of drug-likeness (QED) is 0.590. The van der Waals surface area contributed by atoms with Crippen LogP contribution in [0.25, 0.3) is 11.5 Å². The Balaban J connectivity index is 1.45. The van der Waals surface area contributed by atoms with E-state index in [0.717, 1.165) is 30.0 Å². The maximum Gasteiger partial charge on any atom is 0.260 e. The fourth-order valence-corrected chi connectivity index (χ4v) is 4.35. The van der Waals surface area contributed by atoms with Crippen LogP contribution in [-0.4, -0.2) is 57.4 Å². The van der Waals surface area contributed by atoms with Gasteiger partial charge in [0.15, 0.2) is 5.82 Å². The Kier molecular flexibility index (Phi) is 5.13. The highest BCUT2D eigenvalue weighted by Crippen LogP contribution is 2.33. The first-order valence-corrected chi connectivity index (χ1v) is 10.9. The van der Waals surface area contributed by atoms with Gasteiger partial charge in [-0.05, 0) is 38.5 Å². The molecule has 0 saturated carbocycles. The van der Waals surface area contributed by atoms with Gasteiger partial charge in [0.1, 0.15) is 23.2 Å². The Morgan fingerprint density at radius 3 is 2.91 bits per heavy atom. The third-order valence-corrected chi connectivity index (χ3v) is 6.34. The number of methoxy groups -OCH3 is 1. The molecule has 32 heavy (non-hydrogen) atoms. The molecule has 2 aliphatic heterocycles. The van der Waals surface area contributed by atoms with Crippen molar-refractivity contribution >= 4 is 17.5 Å². The Morgan fingerprint density at radius 2 is 2.12 bits per heavy atom. The lowest BCUT2D eigenvalue weighted by molar-refractivity contribution is 0.0996. The Bertz CT molecular complexity index is 1170. The Labute approximate surface area is 187 Å². The molecule has 5 heterocycles. The number of rotatable bonds is 6. The van der Waals surface area contributed by atoms with Gasteiger partial charge in [0.2, 0.25) is 0 Å². The standard InChI is InChI=1S/C23H27N7O2/c1-14(2)28(3)21-10-17-15(11-24-21)12-29(23(17)31)19-7-5-6-18(25-19)22-27-26-20-9-8-16(13-32-4)30(20)22/h5-7,10-11,14,16H,8-9,12-13H2,1-4H3. The van der Waals surface area contributed by atoms with Gasteiger partial charge in [0.25, 0.3) is 5.91 Å². The van der Waals surface area contributed by atoms with Crippen LogP contribution in [0.2, 0.25) is 0 Å². The number of hydrogen-bond acceptors (Lipinski definition) is 7. The summed E-state index contributed by atoms with van der Waals surface area (Å²) in [5.74, 6) is 2.99. The summed E-state index contributed by atoms with van der Waals surface area (Å²) in [6.07, 6.45) is 3.65. The number of ether oxygens (including phenoxy) is 1. The predicted molar refractivity (Wildman–Crippen MR) is 121 cm³/mol. The van der Waals surface area contributed by atoms with Gasteiger partial charge >= 0.3 is 0 Å². The third-order valence-electron chi connectivity index (χ3n) is 6.34. The first-order chi connectivity index (χ1) is 15.5. The fourth-order valence-electron chi connectivity index (χ4n) is 4.35. The van der Waals surface area contributed by atoms with Gasteiger partial charge in [-0.3, -0.25) is 9.69 Å². The van der Waals surface area contributed by atoms with Crippen molar-refractivity contribution in [1.29, 1.82) is 0 Å². The van der Waals surface area contributed by atoms with E-state index in [2.05, 4.69) is 38.5 Å². The van der Waals surface area contributed by atoms with Crippen molar-refractivity contribution in [1.82, 2.24) is 24.7 Å². The van der Waals surface area contributed by atoms with Crippen LogP contribution in [0.4, 0.5) is 11.6 Å². The van der Waals surface area contributed by atoms with Crippen LogP contribution in [0.15, 0.2) is 30.5 Å². The molecule has 0 fully saturated rings. The number of anilines is 2. The molecule has 2 aliphatic rings. The zero-order valence-electron chi connectivity index (χ0n) is 18.8. The normalized spacial score (nSPS) is 17.2. The third kappa shape index (κ3) is 3.33. The van der Waals surface area contributed by atoms with E-state index in [-0.39, 0.29) is 11.9 Å². The molecule has 9 heteroatoms. The summed E-state index contributed by atoms with van der Waals surface area (Å²) in [5.41, 5.74) is 2.29. The Morgan fingerprint density at radius 1 is 1.28 bits per heavy atom. The average Bonchev–Trinajstić information content (AvgIpc) is 3.48. The number of aromatic nitrogens is 5. The van der Waals surface area contributed by atoms with Crippen LogP contribution in [0.1, 0.15) is 48.1 Å². The summed E-state index contributed by atoms with van der Waals surface area (Å²) >= 11 is 0. The molecule has 0 bridgehead atoms. The molecule has 0 N–H and O–H groups in total. The first-order valence-electron chi connectivity index (χ1n) is 10.9. The molecule has 3 aromatic heterocycles. The number of fused-ring (bicyclic) bond motifs is 2. The number of pyridine rings is 2. The van der Waals surface area contributed by atoms with Crippen LogP contribution in [0.3, 0.4) is 0 Å². The highest BCUT2D eigenvalue weighted by Gasteiger charge is 2.32. The van der Waals surface area contributed by atoms with Gasteiger partial charge in [0, 0.05) is 38.4 Å². The van der Waals surface area contributed by atoms with Crippen molar-refractivity contribution in [3.05, 3.63) is 47.4 Å². The van der Waals surface area contributed by atoms with Crippen molar-refractivity contribution in [2.45, 2.75) is 45.3 Å². The number of nitrogens with zero attached hydrogens (tertiary/aromatic N) is 7. The molecule has 9 nitrogen and oxygen atoms in total. The predicted octanol–water partition coefficient (Wildman–Crippen LogP) is 2.87. The highest BCUT2D eigenvalue weighted by atomic mass is 16.5. The van der Waals surface area contributed by atoms with E-state index in [1.165, 1.54) is 0 Å². The minimum Gasteiger partial charge on any atom is -0.383 e. The largest absolute Gasteiger partial charge is 0.383 e. The summed E-state index contributed by atoms with van der Waals surface area (Å²) in [4.78, 5) is 26.4. The molecule has 1 atom stereocenters. The first kappa shape index (κ1) is 20.6. The number of hydrogen-bond donors (Lipinski definition) is 0. The van der Waals surface area contributed by atoms with Crippen LogP contribution < -0.4 is 9.80 Å². The Hall–Kier alpha value is -3.33. The van der Waals surface area contributed by atoms with E-state index in [0.29, 0.717) is 42.1 Å². The van der Waals surface area contributed by atoms with E-state index in [9.17, 15) is 4.79 Å². The molecule has 0 aliphatic carbocycles. The van der Waals surface area contributed by atoms with Crippen LogP contribution in [0.5, 0.6) is 0 Å². The molecule has 0 spiro atoms. The van der Waals surface area contributed by atoms with Crippen LogP contribution >= 0.6 is 0 Å². The summed E-state index contributed by atoms with van der Waals surface area (Å²) in [5, 5.41) is 8.73. The number of carbonyl (C=O) groups excluding carboxylic acids is 1. The lowest BCUT2D eigenvalue weighted by Gasteiger charge is -2.22. The number of carbonyl (C=O) groups is 1. The van der Waals surface area contributed by atoms with Gasteiger partial charge in [-0.25, -0.2) is 9.97 Å². The molecule has 5 rings (SSSR count). The van der Waals surface area contributed by atoms with Crippen LogP contribution in [0, 0.1) is 0 Å². The molecule has 0 aromatic carbocycles. The molecule has 0 radical (unpaired) electrons. The van der Waals surface area contributed by atoms with Gasteiger partial charge in [-0.2, -0.15) is 0 Å². The summed E-state index contributed by atoms with van der Waals surface area (Å²) in [7, 11) is 3.69. The van der Waals surface area contributed by atoms with E-state index in [4.69, 9.17) is 9.72 Å². The minimum atomic E-state index is -0.0609. The average molecular weight is 434 g/mol. The second kappa shape index (κ2) is 7.98. The van der Waals surface area contributed by atoms with E-state index in [1.807, 2.05) is 31.3 Å². The molecule has 1 unspecified atom stereocenters. The second-order valence-corrected chi connectivity index (χ2v) is 8.63. The summed E-state index contributed by atoms with van der Waals surface area (Å²) in [6, 6.07) is 8.04. The minimum absolute atomic E-state index is 0.0609.